The zero-order chi connectivity index (χ0) is 27.9. The van der Waals surface area contributed by atoms with Crippen LogP contribution in [0, 0.1) is 5.92 Å². The van der Waals surface area contributed by atoms with Gasteiger partial charge < -0.3 is 14.8 Å². The molecule has 0 amide bonds. The summed E-state index contributed by atoms with van der Waals surface area (Å²) in [7, 11) is -1.09. The largest absolute Gasteiger partial charge is 0.460 e. The molecule has 2 aliphatic carbocycles. The summed E-state index contributed by atoms with van der Waals surface area (Å²) < 4.78 is 22.9. The van der Waals surface area contributed by atoms with Gasteiger partial charge in [-0.25, -0.2) is 14.2 Å². The molecule has 2 atom stereocenters. The lowest BCUT2D eigenvalue weighted by Crippen LogP contribution is -2.27. The third-order valence-electron chi connectivity index (χ3n) is 7.98. The highest BCUT2D eigenvalue weighted by Crippen LogP contribution is 2.40. The lowest BCUT2D eigenvalue weighted by Gasteiger charge is -2.25. The van der Waals surface area contributed by atoms with Crippen molar-refractivity contribution < 1.29 is 8.95 Å². The summed E-state index contributed by atoms with van der Waals surface area (Å²) in [5, 5.41) is 7.60. The lowest BCUT2D eigenvalue weighted by atomic mass is 9.96. The third-order valence-corrected chi connectivity index (χ3v) is 10.3. The Morgan fingerprint density at radius 1 is 1.10 bits per heavy atom. The molecule has 2 saturated carbocycles. The van der Waals surface area contributed by atoms with E-state index >= 15 is 0 Å². The van der Waals surface area contributed by atoms with E-state index in [1.165, 1.54) is 31.0 Å². The summed E-state index contributed by atoms with van der Waals surface area (Å²) in [5.41, 5.74) is 1.70. The van der Waals surface area contributed by atoms with Crippen LogP contribution in [0.15, 0.2) is 66.4 Å². The van der Waals surface area contributed by atoms with Crippen molar-refractivity contribution in [3.05, 3.63) is 72.1 Å². The van der Waals surface area contributed by atoms with Gasteiger partial charge in [-0.1, -0.05) is 82.1 Å². The van der Waals surface area contributed by atoms with Gasteiger partial charge in [-0.3, -0.25) is 0 Å². The number of rotatable bonds is 12. The number of allylic oxidation sites excluding steroid dienone is 1. The third kappa shape index (κ3) is 6.72. The average Bonchev–Trinajstić information content (AvgIpc) is 2.95. The average molecular weight is 577 g/mol. The van der Waals surface area contributed by atoms with E-state index in [0.717, 1.165) is 77.1 Å². The molecule has 0 radical (unpaired) electrons. The summed E-state index contributed by atoms with van der Waals surface area (Å²) >= 11 is 1.53. The molecule has 6 nitrogen and oxygen atoms in total. The van der Waals surface area contributed by atoms with E-state index in [0.29, 0.717) is 12.0 Å². The van der Waals surface area contributed by atoms with Crippen molar-refractivity contribution in [2.75, 3.05) is 10.0 Å². The number of ether oxygens (including phenoxy) is 1. The quantitative estimate of drug-likeness (QED) is 0.210. The summed E-state index contributed by atoms with van der Waals surface area (Å²) in [5.74, 6) is 2.44. The van der Waals surface area contributed by atoms with Crippen molar-refractivity contribution in [3.63, 3.8) is 0 Å². The van der Waals surface area contributed by atoms with E-state index in [2.05, 4.69) is 47.6 Å². The zero-order valence-electron chi connectivity index (χ0n) is 23.5. The van der Waals surface area contributed by atoms with Crippen molar-refractivity contribution in [2.45, 2.75) is 82.9 Å². The highest BCUT2D eigenvalue weighted by molar-refractivity contribution is 8.10. The highest BCUT2D eigenvalue weighted by Gasteiger charge is 2.25. The first-order chi connectivity index (χ1) is 19.6. The maximum absolute atomic E-state index is 12.8. The Bertz CT molecular complexity index is 1380. The molecule has 0 saturated heterocycles. The molecule has 3 aromatic rings. The van der Waals surface area contributed by atoms with E-state index in [-0.39, 0.29) is 11.2 Å². The van der Waals surface area contributed by atoms with Crippen LogP contribution < -0.4 is 14.8 Å². The van der Waals surface area contributed by atoms with Gasteiger partial charge in [0.2, 0.25) is 5.95 Å². The fourth-order valence-corrected chi connectivity index (χ4v) is 7.30. The van der Waals surface area contributed by atoms with E-state index < -0.39 is 11.0 Å². The van der Waals surface area contributed by atoms with Crippen molar-refractivity contribution in [1.82, 2.24) is 9.97 Å². The van der Waals surface area contributed by atoms with Gasteiger partial charge in [-0.2, -0.15) is 0 Å². The molecule has 2 aromatic carbocycles. The van der Waals surface area contributed by atoms with Crippen molar-refractivity contribution >= 4 is 50.1 Å². The molecule has 0 spiro atoms. The van der Waals surface area contributed by atoms with Crippen LogP contribution >= 0.6 is 11.8 Å². The minimum atomic E-state index is -1.09. The molecule has 0 bridgehead atoms. The van der Waals surface area contributed by atoms with Gasteiger partial charge >= 0.3 is 0 Å². The summed E-state index contributed by atoms with van der Waals surface area (Å²) in [6.45, 7) is 8.36. The number of anilines is 2. The summed E-state index contributed by atoms with van der Waals surface area (Å²) in [4.78, 5) is 10.4. The van der Waals surface area contributed by atoms with E-state index in [9.17, 15) is 4.21 Å². The molecule has 5 rings (SSSR count). The van der Waals surface area contributed by atoms with Gasteiger partial charge in [0.25, 0.3) is 0 Å². The Kier molecular flexibility index (Phi) is 9.81. The van der Waals surface area contributed by atoms with Gasteiger partial charge in [-0.15, -0.1) is 0 Å². The number of hydrogen-bond donors (Lipinski definition) is 2. The van der Waals surface area contributed by atoms with Crippen LogP contribution in [0.1, 0.15) is 77.3 Å². The fourth-order valence-electron chi connectivity index (χ4n) is 5.21. The number of fused-ring (bicyclic) bond motifs is 1. The molecule has 2 fully saturated rings. The van der Waals surface area contributed by atoms with Crippen LogP contribution in [0.3, 0.4) is 0 Å². The number of hydrogen-bond acceptors (Lipinski definition) is 6. The molecule has 2 aliphatic rings. The molecule has 2 N–H and O–H groups in total. The zero-order valence-corrected chi connectivity index (χ0v) is 25.2. The first-order valence-electron chi connectivity index (χ1n) is 14.6. The van der Waals surface area contributed by atoms with Crippen molar-refractivity contribution in [2.24, 2.45) is 5.92 Å². The van der Waals surface area contributed by atoms with Gasteiger partial charge in [-0.05, 0) is 55.7 Å². The highest BCUT2D eigenvalue weighted by atomic mass is 32.2. The first-order valence-corrected chi connectivity index (χ1v) is 16.6. The topological polar surface area (TPSA) is 76.1 Å². The Hall–Kier alpha value is -2.84. The maximum atomic E-state index is 12.8. The molecule has 2 unspecified atom stereocenters. The monoisotopic (exact) mass is 576 g/mol. The molecule has 212 valence electrons. The molecular weight excluding hydrogens is 537 g/mol. The minimum Gasteiger partial charge on any atom is -0.460 e. The summed E-state index contributed by atoms with van der Waals surface area (Å²) in [6, 6.07) is 14.5. The number of thioether (sulfide) groups is 1. The van der Waals surface area contributed by atoms with Gasteiger partial charge in [0.1, 0.15) is 22.5 Å². The number of nitrogens with zero attached hydrogens (tertiary/aromatic N) is 2. The van der Waals surface area contributed by atoms with Crippen molar-refractivity contribution in [1.29, 1.82) is 0 Å². The molecular formula is C32H40N4O2S2. The van der Waals surface area contributed by atoms with E-state index in [4.69, 9.17) is 9.72 Å². The Morgan fingerprint density at radius 2 is 1.88 bits per heavy atom. The smallest absolute Gasteiger partial charge is 0.223 e. The maximum Gasteiger partial charge on any atom is 0.223 e. The molecule has 1 aromatic heterocycles. The van der Waals surface area contributed by atoms with Crippen LogP contribution in [0.25, 0.3) is 15.7 Å². The predicted molar refractivity (Wildman–Crippen MR) is 171 cm³/mol. The molecule has 40 heavy (non-hydrogen) atoms. The second-order valence-electron chi connectivity index (χ2n) is 10.7. The minimum absolute atomic E-state index is 0.148. The lowest BCUT2D eigenvalue weighted by molar-refractivity contribution is 0.360. The second-order valence-corrected chi connectivity index (χ2v) is 13.2. The van der Waals surface area contributed by atoms with Crippen molar-refractivity contribution in [3.8, 4) is 5.75 Å². The van der Waals surface area contributed by atoms with Crippen LogP contribution in [-0.2, 0) is 11.0 Å². The standard InChI is InChI=1S/C32H40N4O2S2/c1-4-22(3)30(31(39-5-2)28-20-21-33-32(35-28)34-23-12-7-6-8-13-23)38-29-19-18-27(25-16-9-10-17-26(25)29)36-40(37)24-14-11-15-24/h5,9-10,16-24,36H,2,4,6-8,11-15H2,1,3H3,(H,33,34,35)/b31-30+. The van der Waals surface area contributed by atoms with Gasteiger partial charge in [0, 0.05) is 28.9 Å². The SMILES string of the molecule is C=CS/C(=C(/Oc1ccc(NS(=O)C2CCC2)c2ccccc12)C(C)CC)c1ccnc(NC2CCCCC2)n1. The molecule has 8 heteroatoms. The molecule has 0 aliphatic heterocycles. The number of benzene rings is 2. The fraction of sp³-hybridized carbons (Fsp3) is 0.438. The number of nitrogens with one attached hydrogen (secondary N) is 2. The second kappa shape index (κ2) is 13.7. The first kappa shape index (κ1) is 28.7. The Morgan fingerprint density at radius 3 is 2.58 bits per heavy atom. The van der Waals surface area contributed by atoms with E-state index in [1.54, 1.807) is 0 Å². The normalized spacial score (nSPS) is 18.4. The predicted octanol–water partition coefficient (Wildman–Crippen LogP) is 8.67. The Balaban J connectivity index is 1.50. The van der Waals surface area contributed by atoms with Crippen LogP contribution in [0.4, 0.5) is 11.6 Å². The van der Waals surface area contributed by atoms with Crippen LogP contribution in [0.2, 0.25) is 0 Å². The van der Waals surface area contributed by atoms with E-state index in [1.807, 2.05) is 41.9 Å². The van der Waals surface area contributed by atoms with Gasteiger partial charge in [0.05, 0.1) is 21.5 Å². The molecule has 1 heterocycles. The Labute approximate surface area is 245 Å². The number of aromatic nitrogens is 2. The summed E-state index contributed by atoms with van der Waals surface area (Å²) in [6.07, 6.45) is 12.1. The van der Waals surface area contributed by atoms with Crippen LogP contribution in [0.5, 0.6) is 5.75 Å². The van der Waals surface area contributed by atoms with Crippen LogP contribution in [-0.4, -0.2) is 25.5 Å². The van der Waals surface area contributed by atoms with Gasteiger partial charge in [0.15, 0.2) is 0 Å².